The van der Waals surface area contributed by atoms with Gasteiger partial charge >= 0.3 is 0 Å². The molecule has 128 valence electrons. The number of hydrogen-bond acceptors (Lipinski definition) is 5. The van der Waals surface area contributed by atoms with E-state index in [1.54, 1.807) is 19.6 Å². The maximum atomic E-state index is 5.72. The second-order valence-corrected chi connectivity index (χ2v) is 5.87. The third-order valence-corrected chi connectivity index (χ3v) is 4.11. The highest BCUT2D eigenvalue weighted by Crippen LogP contribution is 2.38. The Bertz CT molecular complexity index is 1040. The molecule has 2 aromatic carbocycles. The van der Waals surface area contributed by atoms with Crippen molar-refractivity contribution in [1.29, 1.82) is 0 Å². The molecule has 2 aromatic heterocycles. The lowest BCUT2D eigenvalue weighted by atomic mass is 9.97. The summed E-state index contributed by atoms with van der Waals surface area (Å²) in [6.07, 6.45) is 3.38. The Balaban J connectivity index is 2.00. The number of aryl methyl sites for hydroxylation is 1. The van der Waals surface area contributed by atoms with Gasteiger partial charge in [-0.3, -0.25) is 0 Å². The quantitative estimate of drug-likeness (QED) is 0.533. The Labute approximate surface area is 151 Å². The van der Waals surface area contributed by atoms with E-state index >= 15 is 0 Å². The minimum Gasteiger partial charge on any atom is -0.497 e. The van der Waals surface area contributed by atoms with Gasteiger partial charge in [-0.25, -0.2) is 4.98 Å². The summed E-state index contributed by atoms with van der Waals surface area (Å²) < 4.78 is 11.1. The number of benzene rings is 2. The topological polar surface area (TPSA) is 61.0 Å². The Kier molecular flexibility index (Phi) is 4.19. The molecule has 0 saturated heterocycles. The number of hydrogen-bond donors (Lipinski definition) is 0. The zero-order chi connectivity index (χ0) is 17.9. The minimum absolute atomic E-state index is 0.522. The zero-order valence-electron chi connectivity index (χ0n) is 14.5. The molecule has 0 fully saturated rings. The molecule has 0 bridgehead atoms. The molecule has 0 unspecified atom stereocenters. The van der Waals surface area contributed by atoms with Crippen LogP contribution in [0.25, 0.3) is 33.8 Å². The standard InChI is InChI=1S/C21H17N3O2/c1-14-13-26-21(23-14)19-18(15-7-4-3-5-8-15)12-22-24-20(19)16-9-6-10-17(11-16)25-2/h3-13H,1-2H3. The first-order valence-electron chi connectivity index (χ1n) is 8.24. The molecule has 0 aliphatic carbocycles. The van der Waals surface area contributed by atoms with Crippen LogP contribution in [0, 0.1) is 6.92 Å². The van der Waals surface area contributed by atoms with Crippen molar-refractivity contribution in [3.63, 3.8) is 0 Å². The summed E-state index contributed by atoms with van der Waals surface area (Å²) in [6.45, 7) is 1.90. The van der Waals surface area contributed by atoms with Crippen molar-refractivity contribution in [2.75, 3.05) is 7.11 Å². The van der Waals surface area contributed by atoms with Gasteiger partial charge < -0.3 is 9.15 Å². The summed E-state index contributed by atoms with van der Waals surface area (Å²) in [4.78, 5) is 4.53. The van der Waals surface area contributed by atoms with E-state index in [0.717, 1.165) is 33.7 Å². The highest BCUT2D eigenvalue weighted by molar-refractivity contribution is 5.89. The van der Waals surface area contributed by atoms with E-state index in [1.165, 1.54) is 0 Å². The molecule has 2 heterocycles. The van der Waals surface area contributed by atoms with Gasteiger partial charge in [0.25, 0.3) is 0 Å². The van der Waals surface area contributed by atoms with Crippen molar-refractivity contribution < 1.29 is 9.15 Å². The Morgan fingerprint density at radius 3 is 2.50 bits per heavy atom. The number of oxazole rings is 1. The molecule has 5 heteroatoms. The molecule has 0 spiro atoms. The molecule has 4 aromatic rings. The van der Waals surface area contributed by atoms with Gasteiger partial charge in [-0.1, -0.05) is 42.5 Å². The normalized spacial score (nSPS) is 10.7. The average Bonchev–Trinajstić information content (AvgIpc) is 3.14. The highest BCUT2D eigenvalue weighted by Gasteiger charge is 2.20. The van der Waals surface area contributed by atoms with Gasteiger partial charge in [0.15, 0.2) is 0 Å². The lowest BCUT2D eigenvalue weighted by molar-refractivity contribution is 0.415. The summed E-state index contributed by atoms with van der Waals surface area (Å²) in [5, 5.41) is 8.62. The second kappa shape index (κ2) is 6.80. The molecule has 0 N–H and O–H groups in total. The van der Waals surface area contributed by atoms with Crippen molar-refractivity contribution in [2.45, 2.75) is 6.92 Å². The van der Waals surface area contributed by atoms with Crippen LogP contribution < -0.4 is 4.74 Å². The lowest BCUT2D eigenvalue weighted by Crippen LogP contribution is -1.97. The van der Waals surface area contributed by atoms with Crippen LogP contribution in [0.2, 0.25) is 0 Å². The van der Waals surface area contributed by atoms with Gasteiger partial charge in [0.2, 0.25) is 5.89 Å². The molecule has 0 radical (unpaired) electrons. The van der Waals surface area contributed by atoms with Crippen LogP contribution in [-0.2, 0) is 0 Å². The first kappa shape index (κ1) is 16.0. The molecular weight excluding hydrogens is 326 g/mol. The smallest absolute Gasteiger partial charge is 0.229 e. The van der Waals surface area contributed by atoms with Gasteiger partial charge in [-0.2, -0.15) is 5.10 Å². The number of ether oxygens (including phenoxy) is 1. The zero-order valence-corrected chi connectivity index (χ0v) is 14.5. The van der Waals surface area contributed by atoms with Crippen molar-refractivity contribution >= 4 is 0 Å². The summed E-state index contributed by atoms with van der Waals surface area (Å²) >= 11 is 0. The molecule has 0 aliphatic rings. The SMILES string of the molecule is COc1cccc(-c2nncc(-c3ccccc3)c2-c2nc(C)co2)c1. The van der Waals surface area contributed by atoms with Gasteiger partial charge in [-0.15, -0.1) is 5.10 Å². The third-order valence-electron chi connectivity index (χ3n) is 4.11. The number of aromatic nitrogens is 3. The van der Waals surface area contributed by atoms with Crippen LogP contribution in [0.4, 0.5) is 0 Å². The molecule has 5 nitrogen and oxygen atoms in total. The summed E-state index contributed by atoms with van der Waals surface area (Å²) in [5.41, 5.74) is 5.16. The Morgan fingerprint density at radius 2 is 1.77 bits per heavy atom. The Hall–Kier alpha value is -3.47. The molecule has 0 atom stereocenters. The first-order valence-corrected chi connectivity index (χ1v) is 8.24. The summed E-state index contributed by atoms with van der Waals surface area (Å²) in [6, 6.07) is 17.8. The maximum Gasteiger partial charge on any atom is 0.229 e. The van der Waals surface area contributed by atoms with Gasteiger partial charge in [0.05, 0.1) is 24.6 Å². The molecule has 4 rings (SSSR count). The molecule has 0 saturated carbocycles. The van der Waals surface area contributed by atoms with Crippen molar-refractivity contribution in [3.05, 3.63) is 72.8 Å². The van der Waals surface area contributed by atoms with E-state index in [1.807, 2.05) is 61.5 Å². The summed E-state index contributed by atoms with van der Waals surface area (Å²) in [7, 11) is 1.64. The van der Waals surface area contributed by atoms with E-state index in [9.17, 15) is 0 Å². The highest BCUT2D eigenvalue weighted by atomic mass is 16.5. The molecule has 0 amide bonds. The lowest BCUT2D eigenvalue weighted by Gasteiger charge is -2.12. The maximum absolute atomic E-state index is 5.72. The number of nitrogens with zero attached hydrogens (tertiary/aromatic N) is 3. The van der Waals surface area contributed by atoms with Crippen LogP contribution >= 0.6 is 0 Å². The molecule has 0 aliphatic heterocycles. The van der Waals surface area contributed by atoms with Gasteiger partial charge in [0.1, 0.15) is 17.7 Å². The van der Waals surface area contributed by atoms with Crippen molar-refractivity contribution in [2.24, 2.45) is 0 Å². The average molecular weight is 343 g/mol. The van der Waals surface area contributed by atoms with Crippen LogP contribution in [0.3, 0.4) is 0 Å². The molecule has 26 heavy (non-hydrogen) atoms. The first-order chi connectivity index (χ1) is 12.8. The fourth-order valence-corrected chi connectivity index (χ4v) is 2.88. The predicted molar refractivity (Wildman–Crippen MR) is 99.7 cm³/mol. The Morgan fingerprint density at radius 1 is 0.962 bits per heavy atom. The van der Waals surface area contributed by atoms with Crippen molar-refractivity contribution in [3.8, 4) is 39.6 Å². The monoisotopic (exact) mass is 343 g/mol. The number of rotatable bonds is 4. The van der Waals surface area contributed by atoms with Crippen LogP contribution in [0.5, 0.6) is 5.75 Å². The fraction of sp³-hybridized carbons (Fsp3) is 0.0952. The molecular formula is C21H17N3O2. The predicted octanol–water partition coefficient (Wildman–Crippen LogP) is 4.78. The second-order valence-electron chi connectivity index (χ2n) is 5.87. The van der Waals surface area contributed by atoms with Crippen molar-refractivity contribution in [1.82, 2.24) is 15.2 Å². The van der Waals surface area contributed by atoms with Crippen LogP contribution in [-0.4, -0.2) is 22.3 Å². The van der Waals surface area contributed by atoms with Gasteiger partial charge in [0, 0.05) is 11.1 Å². The largest absolute Gasteiger partial charge is 0.497 e. The number of methoxy groups -OCH3 is 1. The van der Waals surface area contributed by atoms with E-state index in [-0.39, 0.29) is 0 Å². The van der Waals surface area contributed by atoms with E-state index in [4.69, 9.17) is 9.15 Å². The fourth-order valence-electron chi connectivity index (χ4n) is 2.88. The minimum atomic E-state index is 0.522. The van der Waals surface area contributed by atoms with Gasteiger partial charge in [-0.05, 0) is 24.6 Å². The summed E-state index contributed by atoms with van der Waals surface area (Å²) in [5.74, 6) is 1.28. The van der Waals surface area contributed by atoms with E-state index in [0.29, 0.717) is 11.6 Å². The van der Waals surface area contributed by atoms with Crippen LogP contribution in [0.1, 0.15) is 5.69 Å². The van der Waals surface area contributed by atoms with E-state index < -0.39 is 0 Å². The van der Waals surface area contributed by atoms with Crippen LogP contribution in [0.15, 0.2) is 71.5 Å². The third kappa shape index (κ3) is 2.95. The van der Waals surface area contributed by atoms with E-state index in [2.05, 4.69) is 15.2 Å².